The Morgan fingerprint density at radius 3 is 1.59 bits per heavy atom. The van der Waals surface area contributed by atoms with Gasteiger partial charge in [0.05, 0.1) is 13.2 Å². The molecule has 0 aromatic heterocycles. The summed E-state index contributed by atoms with van der Waals surface area (Å²) in [4.78, 5) is 69.1. The lowest BCUT2D eigenvalue weighted by Crippen LogP contribution is -2.49. The van der Waals surface area contributed by atoms with E-state index in [1.807, 2.05) is 33.1 Å². The molecule has 5 fully saturated rings. The van der Waals surface area contributed by atoms with Gasteiger partial charge in [-0.3, -0.25) is 14.4 Å². The van der Waals surface area contributed by atoms with Crippen molar-refractivity contribution in [1.29, 1.82) is 0 Å². The van der Waals surface area contributed by atoms with Crippen molar-refractivity contribution in [2.75, 3.05) is 135 Å². The van der Waals surface area contributed by atoms with Gasteiger partial charge in [0.15, 0.2) is 0 Å². The van der Waals surface area contributed by atoms with E-state index in [0.29, 0.717) is 25.5 Å². The van der Waals surface area contributed by atoms with Gasteiger partial charge in [-0.15, -0.1) is 0 Å². The molecular weight excluding hydrogens is 636 g/mol. The molecule has 5 aliphatic rings. The summed E-state index contributed by atoms with van der Waals surface area (Å²) >= 11 is 0. The van der Waals surface area contributed by atoms with Gasteiger partial charge in [-0.25, -0.2) is 9.59 Å². The van der Waals surface area contributed by atoms with E-state index < -0.39 is 6.10 Å². The second-order valence-corrected chi connectivity index (χ2v) is 13.2. The van der Waals surface area contributed by atoms with Crippen LogP contribution in [0.2, 0.25) is 0 Å². The summed E-state index contributed by atoms with van der Waals surface area (Å²) in [6, 6.07) is 0.207. The van der Waals surface area contributed by atoms with E-state index in [9.17, 15) is 24.0 Å². The predicted octanol–water partition coefficient (Wildman–Crippen LogP) is -0.255. The van der Waals surface area contributed by atoms with Crippen LogP contribution in [0, 0.1) is 0 Å². The van der Waals surface area contributed by atoms with E-state index in [-0.39, 0.29) is 37.1 Å². The molecule has 0 spiro atoms. The van der Waals surface area contributed by atoms with Crippen LogP contribution in [0.1, 0.15) is 44.9 Å². The third-order valence-corrected chi connectivity index (χ3v) is 8.64. The SMILES string of the molecule is CN(C)CCN1CCCN(C)C1=O.CN1CCCC(O)C1=O.CN1CCCCC1=O.CN1CCCN(CCO)C1=O.CN1CCOCC1=O. The number of rotatable bonds is 5. The maximum Gasteiger partial charge on any atom is 0.319 e. The number of likely N-dealkylation sites (tertiary alicyclic amines) is 2. The highest BCUT2D eigenvalue weighted by Crippen LogP contribution is 2.09. The van der Waals surface area contributed by atoms with E-state index in [1.54, 1.807) is 50.5 Å². The lowest BCUT2D eigenvalue weighted by Gasteiger charge is -2.33. The lowest BCUT2D eigenvalue weighted by molar-refractivity contribution is -0.142. The maximum absolute atomic E-state index is 11.6. The van der Waals surface area contributed by atoms with Crippen molar-refractivity contribution < 1.29 is 38.9 Å². The monoisotopic (exact) mass is 700 g/mol. The van der Waals surface area contributed by atoms with Crippen molar-refractivity contribution in [3.63, 3.8) is 0 Å². The minimum Gasteiger partial charge on any atom is -0.395 e. The second-order valence-electron chi connectivity index (χ2n) is 13.2. The minimum absolute atomic E-state index is 0.0327. The summed E-state index contributed by atoms with van der Waals surface area (Å²) in [6.45, 7) is 9.16. The predicted molar refractivity (Wildman–Crippen MR) is 187 cm³/mol. The number of carbonyl (C=O) groups is 5. The summed E-state index contributed by atoms with van der Waals surface area (Å²) < 4.78 is 4.86. The van der Waals surface area contributed by atoms with Gasteiger partial charge in [-0.2, -0.15) is 0 Å². The zero-order chi connectivity index (χ0) is 36.9. The van der Waals surface area contributed by atoms with E-state index in [1.165, 1.54) is 6.42 Å². The van der Waals surface area contributed by atoms with E-state index in [4.69, 9.17) is 14.9 Å². The van der Waals surface area contributed by atoms with Gasteiger partial charge in [-0.1, -0.05) is 0 Å². The summed E-state index contributed by atoms with van der Waals surface area (Å²) in [5, 5.41) is 17.6. The molecule has 2 N–H and O–H groups in total. The highest BCUT2D eigenvalue weighted by molar-refractivity contribution is 5.81. The van der Waals surface area contributed by atoms with Gasteiger partial charge in [0.25, 0.3) is 5.91 Å². The Kier molecular flexibility index (Phi) is 21.5. The van der Waals surface area contributed by atoms with Gasteiger partial charge in [0, 0.05) is 107 Å². The van der Waals surface area contributed by atoms with Crippen molar-refractivity contribution in [3.8, 4) is 0 Å². The number of nitrogens with zero attached hydrogens (tertiary/aromatic N) is 8. The topological polar surface area (TPSA) is 161 Å². The first-order valence-corrected chi connectivity index (χ1v) is 17.4. The fraction of sp³-hybridized carbons (Fsp3) is 0.848. The summed E-state index contributed by atoms with van der Waals surface area (Å²) in [5.41, 5.74) is 0. The molecule has 5 aliphatic heterocycles. The quantitative estimate of drug-likeness (QED) is 0.394. The Hall–Kier alpha value is -3.21. The zero-order valence-electron chi connectivity index (χ0n) is 31.1. The van der Waals surface area contributed by atoms with Crippen molar-refractivity contribution in [3.05, 3.63) is 0 Å². The number of aliphatic hydroxyl groups excluding tert-OH is 2. The Labute approximate surface area is 293 Å². The molecule has 0 aromatic rings. The normalized spacial score (nSPS) is 21.6. The summed E-state index contributed by atoms with van der Waals surface area (Å²) in [5.74, 6) is 0.244. The number of urea groups is 2. The Bertz CT molecular complexity index is 979. The Morgan fingerprint density at radius 1 is 0.653 bits per heavy atom. The summed E-state index contributed by atoms with van der Waals surface area (Å²) in [7, 11) is 13.1. The van der Waals surface area contributed by atoms with Crippen molar-refractivity contribution in [2.45, 2.75) is 51.0 Å². The van der Waals surface area contributed by atoms with Crippen LogP contribution in [0.15, 0.2) is 0 Å². The molecule has 0 aliphatic carbocycles. The van der Waals surface area contributed by atoms with E-state index >= 15 is 0 Å². The fourth-order valence-electron chi connectivity index (χ4n) is 5.27. The molecule has 49 heavy (non-hydrogen) atoms. The number of hydrogen-bond donors (Lipinski definition) is 2. The molecule has 284 valence electrons. The molecule has 7 amide bonds. The second kappa shape index (κ2) is 24.0. The van der Waals surface area contributed by atoms with Crippen LogP contribution in [0.4, 0.5) is 9.59 Å². The molecule has 0 radical (unpaired) electrons. The van der Waals surface area contributed by atoms with Crippen LogP contribution in [0.25, 0.3) is 0 Å². The van der Waals surface area contributed by atoms with Gasteiger partial charge >= 0.3 is 12.1 Å². The number of hydrogen-bond acceptors (Lipinski definition) is 9. The molecule has 1 unspecified atom stereocenters. The molecule has 16 nitrogen and oxygen atoms in total. The molecule has 0 aromatic carbocycles. The van der Waals surface area contributed by atoms with Crippen LogP contribution in [-0.4, -0.2) is 220 Å². The third-order valence-electron chi connectivity index (χ3n) is 8.64. The minimum atomic E-state index is -0.733. The number of β-amino-alcohol motifs (C(OH)–C–C–N with tert-alkyl or cyclic N) is 1. The van der Waals surface area contributed by atoms with Crippen molar-refractivity contribution in [1.82, 2.24) is 39.2 Å². The van der Waals surface area contributed by atoms with E-state index in [2.05, 4.69) is 4.90 Å². The van der Waals surface area contributed by atoms with Crippen molar-refractivity contribution in [2.24, 2.45) is 0 Å². The van der Waals surface area contributed by atoms with Gasteiger partial charge in [0.1, 0.15) is 12.7 Å². The van der Waals surface area contributed by atoms with Gasteiger partial charge in [0.2, 0.25) is 11.8 Å². The van der Waals surface area contributed by atoms with Crippen molar-refractivity contribution >= 4 is 29.8 Å². The maximum atomic E-state index is 11.6. The number of ether oxygens (including phenoxy) is 1. The van der Waals surface area contributed by atoms with Crippen LogP contribution < -0.4 is 0 Å². The number of carbonyl (C=O) groups excluding carboxylic acids is 5. The largest absolute Gasteiger partial charge is 0.395 e. The summed E-state index contributed by atoms with van der Waals surface area (Å²) in [6.07, 6.45) is 5.94. The highest BCUT2D eigenvalue weighted by Gasteiger charge is 2.24. The molecule has 5 saturated heterocycles. The molecule has 0 saturated carbocycles. The lowest BCUT2D eigenvalue weighted by atomic mass is 10.1. The fourth-order valence-corrected chi connectivity index (χ4v) is 5.27. The molecule has 0 bridgehead atoms. The Morgan fingerprint density at radius 2 is 1.18 bits per heavy atom. The first kappa shape index (κ1) is 43.8. The zero-order valence-corrected chi connectivity index (χ0v) is 31.1. The average molecular weight is 701 g/mol. The number of morpholine rings is 1. The number of likely N-dealkylation sites (N-methyl/N-ethyl adjacent to an activating group) is 3. The van der Waals surface area contributed by atoms with Gasteiger partial charge < -0.3 is 54.1 Å². The smallest absolute Gasteiger partial charge is 0.319 e. The molecular formula is C33H64N8O8. The highest BCUT2D eigenvalue weighted by atomic mass is 16.5. The van der Waals surface area contributed by atoms with Crippen LogP contribution >= 0.6 is 0 Å². The number of aliphatic hydroxyl groups is 2. The molecule has 1 atom stereocenters. The van der Waals surface area contributed by atoms with Crippen LogP contribution in [0.5, 0.6) is 0 Å². The van der Waals surface area contributed by atoms with E-state index in [0.717, 1.165) is 91.0 Å². The first-order valence-electron chi connectivity index (χ1n) is 17.4. The first-order chi connectivity index (χ1) is 23.2. The molecule has 5 heterocycles. The Balaban J connectivity index is 0.000000310. The van der Waals surface area contributed by atoms with Gasteiger partial charge in [-0.05, 0) is 52.6 Å². The van der Waals surface area contributed by atoms with Crippen LogP contribution in [-0.2, 0) is 19.1 Å². The van der Waals surface area contributed by atoms with Crippen LogP contribution in [0.3, 0.4) is 0 Å². The molecule has 16 heteroatoms. The average Bonchev–Trinajstić information content (AvgIpc) is 3.07. The number of piperidine rings is 2. The molecule has 5 rings (SSSR count). The standard InChI is InChI=1S/C9H19N3O.C7H14N2O2.C6H11NO2.C6H11NO.C5H9NO2/c1-10(2)7-8-12-6-4-5-11(3)9(12)13;1-8-3-2-4-9(5-6-10)7(8)11;1-7-4-2-3-5(8)6(7)9;1-7-5-3-2-4-6(7)8;1-6-2-3-8-4-5(6)7/h4-8H2,1-3H3;10H,2-6H2,1H3;5,8H,2-4H2,1H3;2-5H2,1H3;2-4H2,1H3. The number of amides is 7. The third kappa shape index (κ3) is 17.3.